The molecule has 4 rings (SSSR count). The average Bonchev–Trinajstić information content (AvgIpc) is 3.22. The molecule has 7 nitrogen and oxygen atoms in total. The van der Waals surface area contributed by atoms with Crippen molar-refractivity contribution in [2.75, 3.05) is 5.73 Å². The Hall–Kier alpha value is -3.29. The second-order valence-corrected chi connectivity index (χ2v) is 5.90. The summed E-state index contributed by atoms with van der Waals surface area (Å²) in [6.07, 6.45) is 3.66. The van der Waals surface area contributed by atoms with Gasteiger partial charge in [-0.2, -0.15) is 0 Å². The number of nitrogen functional groups attached to an aromatic ring is 1. The molecule has 0 spiro atoms. The lowest BCUT2D eigenvalue weighted by Gasteiger charge is -2.03. The third kappa shape index (κ3) is 3.51. The smallest absolute Gasteiger partial charge is 0.148 e. The Kier molecular flexibility index (Phi) is 5.16. The number of rotatable bonds is 3. The summed E-state index contributed by atoms with van der Waals surface area (Å²) >= 11 is 0. The Morgan fingerprint density at radius 1 is 1.07 bits per heavy atom. The van der Waals surface area contributed by atoms with E-state index in [1.807, 2.05) is 31.5 Å². The third-order valence-electron chi connectivity index (χ3n) is 4.02. The van der Waals surface area contributed by atoms with Gasteiger partial charge in [-0.3, -0.25) is 0 Å². The molecule has 3 heterocycles. The van der Waals surface area contributed by atoms with E-state index in [1.165, 1.54) is 10.7 Å². The van der Waals surface area contributed by atoms with Crippen LogP contribution < -0.4 is 5.73 Å². The zero-order valence-electron chi connectivity index (χ0n) is 15.8. The summed E-state index contributed by atoms with van der Waals surface area (Å²) in [7, 11) is 0. The molecule has 140 valence electrons. The van der Waals surface area contributed by atoms with Crippen molar-refractivity contribution in [1.82, 2.24) is 29.5 Å². The predicted molar refractivity (Wildman–Crippen MR) is 103 cm³/mol. The monoisotopic (exact) mass is 367 g/mol. The zero-order valence-corrected chi connectivity index (χ0v) is 15.8. The summed E-state index contributed by atoms with van der Waals surface area (Å²) in [6, 6.07) is 6.44. The van der Waals surface area contributed by atoms with E-state index in [1.54, 1.807) is 31.3 Å². The molecule has 0 saturated heterocycles. The predicted octanol–water partition coefficient (Wildman–Crippen LogP) is 3.42. The number of fused-ring (bicyclic) bond motifs is 1. The van der Waals surface area contributed by atoms with Crippen LogP contribution in [-0.2, 0) is 6.54 Å². The average molecular weight is 367 g/mol. The van der Waals surface area contributed by atoms with E-state index in [2.05, 4.69) is 20.3 Å². The molecule has 0 fully saturated rings. The molecule has 0 saturated carbocycles. The molecule has 0 unspecified atom stereocenters. The quantitative estimate of drug-likeness (QED) is 0.599. The molecule has 0 aliphatic carbocycles. The van der Waals surface area contributed by atoms with Crippen LogP contribution in [0.5, 0.6) is 0 Å². The third-order valence-corrected chi connectivity index (χ3v) is 4.02. The van der Waals surface area contributed by atoms with Gasteiger partial charge in [-0.15, -0.1) is 5.10 Å². The van der Waals surface area contributed by atoms with Crippen molar-refractivity contribution in [2.24, 2.45) is 0 Å². The molecular formula is C19H22FN7. The summed E-state index contributed by atoms with van der Waals surface area (Å²) in [4.78, 5) is 8.71. The van der Waals surface area contributed by atoms with Gasteiger partial charge in [0.25, 0.3) is 0 Å². The van der Waals surface area contributed by atoms with E-state index < -0.39 is 0 Å². The van der Waals surface area contributed by atoms with E-state index in [4.69, 9.17) is 5.73 Å². The minimum atomic E-state index is -0.350. The highest BCUT2D eigenvalue weighted by atomic mass is 19.1. The topological polar surface area (TPSA) is 87.4 Å². The van der Waals surface area contributed by atoms with Crippen LogP contribution in [0.15, 0.2) is 36.7 Å². The number of benzene rings is 1. The van der Waals surface area contributed by atoms with Crippen molar-refractivity contribution in [3.05, 3.63) is 59.6 Å². The number of nitrogens with two attached hydrogens (primary N) is 1. The van der Waals surface area contributed by atoms with Crippen molar-refractivity contribution >= 4 is 16.9 Å². The molecule has 0 radical (unpaired) electrons. The molecular weight excluding hydrogens is 345 g/mol. The number of aromatic nitrogens is 6. The first kappa shape index (κ1) is 18.5. The Morgan fingerprint density at radius 2 is 1.81 bits per heavy atom. The Morgan fingerprint density at radius 3 is 2.56 bits per heavy atom. The largest absolute Gasteiger partial charge is 0.383 e. The molecule has 4 aromatic rings. The second kappa shape index (κ2) is 7.53. The van der Waals surface area contributed by atoms with Crippen LogP contribution >= 0.6 is 0 Å². The fraction of sp³-hybridized carbons (Fsp3) is 0.263. The van der Waals surface area contributed by atoms with Gasteiger partial charge in [0, 0.05) is 6.20 Å². The van der Waals surface area contributed by atoms with Crippen molar-refractivity contribution in [3.63, 3.8) is 0 Å². The summed E-state index contributed by atoms with van der Waals surface area (Å²) < 4.78 is 17.3. The van der Waals surface area contributed by atoms with Gasteiger partial charge < -0.3 is 10.3 Å². The number of aryl methyl sites for hydroxylation is 2. The molecule has 1 aromatic carbocycles. The zero-order chi connectivity index (χ0) is 19.6. The van der Waals surface area contributed by atoms with Gasteiger partial charge in [-0.05, 0) is 31.5 Å². The molecule has 3 aromatic heterocycles. The maximum Gasteiger partial charge on any atom is 0.148 e. The summed E-state index contributed by atoms with van der Waals surface area (Å²) in [5, 5.41) is 9.00. The molecule has 2 N–H and O–H groups in total. The van der Waals surface area contributed by atoms with Crippen LogP contribution in [0.25, 0.3) is 16.7 Å². The number of anilines is 1. The van der Waals surface area contributed by atoms with Gasteiger partial charge in [-0.25, -0.2) is 19.0 Å². The van der Waals surface area contributed by atoms with Gasteiger partial charge in [0.05, 0.1) is 18.1 Å². The maximum absolute atomic E-state index is 13.9. The highest BCUT2D eigenvalue weighted by molar-refractivity contribution is 5.89. The van der Waals surface area contributed by atoms with Crippen LogP contribution in [0.3, 0.4) is 0 Å². The maximum atomic E-state index is 13.9. The van der Waals surface area contributed by atoms with E-state index in [-0.39, 0.29) is 5.82 Å². The standard InChI is InChI=1S/C17H16FN7.C2H6/c1-10-7-24(17-15(10)16(19)20-11(2)21-17)8-12-9-25(23-22-12)14-6-4-3-5-13(14)18;1-2/h3-7,9H,8H2,1-2H3,(H2,19,20,21);1-2H3. The summed E-state index contributed by atoms with van der Waals surface area (Å²) in [6.45, 7) is 8.22. The Labute approximate surface area is 156 Å². The molecule has 0 bridgehead atoms. The first-order valence-electron chi connectivity index (χ1n) is 8.78. The summed E-state index contributed by atoms with van der Waals surface area (Å²) in [5.41, 5.74) is 8.82. The molecule has 8 heteroatoms. The van der Waals surface area contributed by atoms with Crippen LogP contribution in [0.1, 0.15) is 30.9 Å². The van der Waals surface area contributed by atoms with E-state index in [9.17, 15) is 4.39 Å². The first-order chi connectivity index (χ1) is 13.0. The van der Waals surface area contributed by atoms with Gasteiger partial charge in [0.1, 0.15) is 34.5 Å². The van der Waals surface area contributed by atoms with Gasteiger partial charge in [0.2, 0.25) is 0 Å². The lowest BCUT2D eigenvalue weighted by molar-refractivity contribution is 0.607. The van der Waals surface area contributed by atoms with E-state index in [0.717, 1.165) is 16.6 Å². The van der Waals surface area contributed by atoms with Gasteiger partial charge >= 0.3 is 0 Å². The molecule has 0 amide bonds. The first-order valence-corrected chi connectivity index (χ1v) is 8.78. The molecule has 0 aliphatic rings. The van der Waals surface area contributed by atoms with Gasteiger partial charge in [0.15, 0.2) is 0 Å². The SMILES string of the molecule is CC.Cc1nc(N)c2c(C)cn(Cc3cn(-c4ccccc4F)nn3)c2n1. The van der Waals surface area contributed by atoms with Gasteiger partial charge in [-0.1, -0.05) is 31.2 Å². The lowest BCUT2D eigenvalue weighted by atomic mass is 10.2. The van der Waals surface area contributed by atoms with E-state index in [0.29, 0.717) is 29.6 Å². The van der Waals surface area contributed by atoms with Crippen molar-refractivity contribution in [2.45, 2.75) is 34.2 Å². The Bertz CT molecular complexity index is 1080. The summed E-state index contributed by atoms with van der Waals surface area (Å²) in [5.74, 6) is 0.727. The normalized spacial score (nSPS) is 10.7. The van der Waals surface area contributed by atoms with Crippen LogP contribution in [-0.4, -0.2) is 29.5 Å². The fourth-order valence-corrected chi connectivity index (χ4v) is 2.95. The Balaban J connectivity index is 0.00000102. The number of nitrogens with zero attached hydrogens (tertiary/aromatic N) is 6. The van der Waals surface area contributed by atoms with Crippen molar-refractivity contribution in [1.29, 1.82) is 0 Å². The number of hydrogen-bond donors (Lipinski definition) is 1. The molecule has 27 heavy (non-hydrogen) atoms. The highest BCUT2D eigenvalue weighted by Crippen LogP contribution is 2.24. The molecule has 0 atom stereocenters. The van der Waals surface area contributed by atoms with Crippen molar-refractivity contribution in [3.8, 4) is 5.69 Å². The fourth-order valence-electron chi connectivity index (χ4n) is 2.95. The minimum absolute atomic E-state index is 0.350. The number of para-hydroxylation sites is 1. The number of halogens is 1. The van der Waals surface area contributed by atoms with Crippen LogP contribution in [0.4, 0.5) is 10.2 Å². The molecule has 0 aliphatic heterocycles. The van der Waals surface area contributed by atoms with Crippen LogP contribution in [0, 0.1) is 19.7 Å². The van der Waals surface area contributed by atoms with Crippen LogP contribution in [0.2, 0.25) is 0 Å². The van der Waals surface area contributed by atoms with Crippen molar-refractivity contribution < 1.29 is 4.39 Å². The highest BCUT2D eigenvalue weighted by Gasteiger charge is 2.14. The second-order valence-electron chi connectivity index (χ2n) is 5.90. The minimum Gasteiger partial charge on any atom is -0.383 e. The lowest BCUT2D eigenvalue weighted by Crippen LogP contribution is -2.03. The number of hydrogen-bond acceptors (Lipinski definition) is 5. The van der Waals surface area contributed by atoms with E-state index >= 15 is 0 Å².